The highest BCUT2D eigenvalue weighted by atomic mass is 16.4. The summed E-state index contributed by atoms with van der Waals surface area (Å²) in [7, 11) is 0. The van der Waals surface area contributed by atoms with Crippen LogP contribution in [0.2, 0.25) is 0 Å². The fourth-order valence-electron chi connectivity index (χ4n) is 3.63. The van der Waals surface area contributed by atoms with Crippen LogP contribution < -0.4 is 21.3 Å². The maximum absolute atomic E-state index is 13.4. The normalized spacial score (nSPS) is 16.9. The average Bonchev–Trinajstić information content (AvgIpc) is 3.55. The lowest BCUT2D eigenvalue weighted by molar-refractivity contribution is -0.141. The van der Waals surface area contributed by atoms with E-state index in [0.29, 0.717) is 11.3 Å². The number of urea groups is 1. The van der Waals surface area contributed by atoms with E-state index in [9.17, 15) is 33.6 Å². The molecule has 1 saturated heterocycles. The predicted molar refractivity (Wildman–Crippen MR) is 127 cm³/mol. The molecule has 0 saturated carbocycles. The minimum atomic E-state index is -1.53. The lowest BCUT2D eigenvalue weighted by Crippen LogP contribution is -2.58. The summed E-state index contributed by atoms with van der Waals surface area (Å²) in [5.41, 5.74) is 0. The highest BCUT2D eigenvalue weighted by Gasteiger charge is 2.43. The van der Waals surface area contributed by atoms with Gasteiger partial charge in [-0.2, -0.15) is 5.21 Å². The van der Waals surface area contributed by atoms with Gasteiger partial charge >= 0.3 is 18.0 Å². The van der Waals surface area contributed by atoms with Gasteiger partial charge in [0.15, 0.2) is 5.82 Å². The molecule has 7 N–H and O–H groups in total. The minimum absolute atomic E-state index is 0.145. The Morgan fingerprint density at radius 1 is 1.08 bits per heavy atom. The number of amides is 6. The molecule has 18 heteroatoms. The first kappa shape index (κ1) is 30.6. The average molecular weight is 554 g/mol. The summed E-state index contributed by atoms with van der Waals surface area (Å²) >= 11 is 0. The molecule has 1 aromatic heterocycles. The van der Waals surface area contributed by atoms with Gasteiger partial charge in [0.25, 0.3) is 5.91 Å². The van der Waals surface area contributed by atoms with Crippen molar-refractivity contribution in [1.82, 2.24) is 46.8 Å². The molecule has 1 aromatic rings. The fourth-order valence-corrected chi connectivity index (χ4v) is 3.63. The highest BCUT2D eigenvalue weighted by molar-refractivity contribution is 6.05. The molecule has 0 spiro atoms. The van der Waals surface area contributed by atoms with Crippen LogP contribution >= 0.6 is 0 Å². The van der Waals surface area contributed by atoms with Crippen molar-refractivity contribution >= 4 is 41.6 Å². The van der Waals surface area contributed by atoms with Gasteiger partial charge < -0.3 is 31.5 Å². The summed E-state index contributed by atoms with van der Waals surface area (Å²) in [6.07, 6.45) is -1.39. The topological polar surface area (TPSA) is 266 Å². The van der Waals surface area contributed by atoms with E-state index >= 15 is 0 Å². The smallest absolute Gasteiger partial charge is 0.325 e. The molecule has 214 valence electrons. The Bertz CT molecular complexity index is 1080. The molecule has 4 atom stereocenters. The Hall–Kier alpha value is -4.64. The Morgan fingerprint density at radius 3 is 2.36 bits per heavy atom. The summed E-state index contributed by atoms with van der Waals surface area (Å²) in [5.74, 6) is -6.09. The number of nitrogens with zero attached hydrogens (tertiary/aromatic N) is 4. The van der Waals surface area contributed by atoms with Crippen molar-refractivity contribution in [3.63, 3.8) is 0 Å². The third-order valence-electron chi connectivity index (χ3n) is 5.97. The van der Waals surface area contributed by atoms with Crippen LogP contribution in [0.15, 0.2) is 0 Å². The number of nitrogens with one attached hydrogen (secondary N) is 5. The quantitative estimate of drug-likeness (QED) is 0.119. The zero-order valence-corrected chi connectivity index (χ0v) is 21.3. The largest absolute Gasteiger partial charge is 0.481 e. The number of imide groups is 1. The van der Waals surface area contributed by atoms with Crippen LogP contribution in [0.4, 0.5) is 4.79 Å². The number of rotatable bonds is 15. The third kappa shape index (κ3) is 9.00. The molecule has 39 heavy (non-hydrogen) atoms. The van der Waals surface area contributed by atoms with Gasteiger partial charge in [0, 0.05) is 19.4 Å². The highest BCUT2D eigenvalue weighted by Crippen LogP contribution is 2.15. The molecule has 0 bridgehead atoms. The number of tetrazole rings is 1. The van der Waals surface area contributed by atoms with Crippen LogP contribution in [0.1, 0.15) is 51.8 Å². The molecule has 1 aliphatic rings. The standard InChI is InChI=1S/C21H31N9O9/c1-3-10(2)17(25-14(31)5-7-16(34)35)19(37)24-11(4-6-15(32)33)20(38)30-12(8-23-21(30)39)18(36)22-9-13-26-28-29-27-13/h10-12,17H,3-9H2,1-2H3,(H,22,36)(H,23,39)(H,24,37)(H,25,31)(H,32,33)(H,34,35)(H,26,27,28,29)/t10-,11?,12?,17-/m0/s1. The molecule has 2 unspecified atom stereocenters. The van der Waals surface area contributed by atoms with Crippen molar-refractivity contribution in [2.75, 3.05) is 6.54 Å². The van der Waals surface area contributed by atoms with E-state index in [2.05, 4.69) is 41.9 Å². The molecule has 0 aliphatic carbocycles. The van der Waals surface area contributed by atoms with Crippen LogP contribution in [0, 0.1) is 5.92 Å². The molecule has 18 nitrogen and oxygen atoms in total. The van der Waals surface area contributed by atoms with Crippen molar-refractivity contribution in [2.45, 2.75) is 70.6 Å². The zero-order chi connectivity index (χ0) is 29.1. The molecule has 1 aliphatic heterocycles. The third-order valence-corrected chi connectivity index (χ3v) is 5.97. The Kier molecular flexibility index (Phi) is 11.2. The first-order chi connectivity index (χ1) is 18.4. The van der Waals surface area contributed by atoms with E-state index in [1.165, 1.54) is 0 Å². The molecule has 0 aromatic carbocycles. The fraction of sp³-hybridized carbons (Fsp3) is 0.619. The Balaban J connectivity index is 2.20. The van der Waals surface area contributed by atoms with E-state index in [4.69, 9.17) is 10.2 Å². The Morgan fingerprint density at radius 2 is 1.77 bits per heavy atom. The number of carboxylic acids is 2. The van der Waals surface area contributed by atoms with Gasteiger partial charge in [-0.3, -0.25) is 28.8 Å². The summed E-state index contributed by atoms with van der Waals surface area (Å²) in [6, 6.07) is -4.96. The number of hydrogen-bond donors (Lipinski definition) is 7. The second-order valence-electron chi connectivity index (χ2n) is 8.77. The van der Waals surface area contributed by atoms with Gasteiger partial charge in [-0.05, 0) is 12.3 Å². The predicted octanol–water partition coefficient (Wildman–Crippen LogP) is -2.52. The first-order valence-corrected chi connectivity index (χ1v) is 12.1. The second kappa shape index (κ2) is 14.3. The van der Waals surface area contributed by atoms with Crippen LogP contribution in [0.25, 0.3) is 0 Å². The maximum atomic E-state index is 13.4. The van der Waals surface area contributed by atoms with Crippen LogP contribution in [0.5, 0.6) is 0 Å². The van der Waals surface area contributed by atoms with Gasteiger partial charge in [-0.25, -0.2) is 9.69 Å². The molecule has 1 fully saturated rings. The van der Waals surface area contributed by atoms with Gasteiger partial charge in [0.2, 0.25) is 17.7 Å². The number of aliphatic carboxylic acids is 2. The van der Waals surface area contributed by atoms with Gasteiger partial charge in [0.1, 0.15) is 18.1 Å². The molecule has 2 heterocycles. The van der Waals surface area contributed by atoms with E-state index in [0.717, 1.165) is 0 Å². The maximum Gasteiger partial charge on any atom is 0.325 e. The van der Waals surface area contributed by atoms with Crippen molar-refractivity contribution in [3.05, 3.63) is 5.82 Å². The molecule has 6 amide bonds. The number of aromatic nitrogens is 4. The van der Waals surface area contributed by atoms with E-state index in [-0.39, 0.29) is 25.3 Å². The summed E-state index contributed by atoms with van der Waals surface area (Å²) < 4.78 is 0. The monoisotopic (exact) mass is 553 g/mol. The second-order valence-corrected chi connectivity index (χ2v) is 8.77. The first-order valence-electron chi connectivity index (χ1n) is 12.1. The minimum Gasteiger partial charge on any atom is -0.481 e. The number of hydrogen-bond acceptors (Lipinski definition) is 10. The number of aromatic amines is 1. The van der Waals surface area contributed by atoms with Crippen LogP contribution in [-0.2, 0) is 35.3 Å². The zero-order valence-electron chi connectivity index (χ0n) is 21.3. The number of carboxylic acid groups (broad SMARTS) is 2. The van der Waals surface area contributed by atoms with Crippen molar-refractivity contribution in [1.29, 1.82) is 0 Å². The number of carbonyl (C=O) groups is 7. The molecular formula is C21H31N9O9. The van der Waals surface area contributed by atoms with Gasteiger partial charge in [-0.1, -0.05) is 25.5 Å². The van der Waals surface area contributed by atoms with Crippen molar-refractivity contribution in [2.24, 2.45) is 5.92 Å². The number of H-pyrrole nitrogens is 1. The summed E-state index contributed by atoms with van der Waals surface area (Å²) in [6.45, 7) is 3.00. The Labute approximate surface area is 221 Å². The van der Waals surface area contributed by atoms with Crippen molar-refractivity contribution in [3.8, 4) is 0 Å². The van der Waals surface area contributed by atoms with Gasteiger partial charge in [0.05, 0.1) is 13.0 Å². The molecular weight excluding hydrogens is 522 g/mol. The molecule has 2 rings (SSSR count). The van der Waals surface area contributed by atoms with E-state index < -0.39 is 84.9 Å². The van der Waals surface area contributed by atoms with Crippen LogP contribution in [0.3, 0.4) is 0 Å². The van der Waals surface area contributed by atoms with E-state index in [1.807, 2.05) is 0 Å². The summed E-state index contributed by atoms with van der Waals surface area (Å²) in [5, 5.41) is 40.5. The van der Waals surface area contributed by atoms with Gasteiger partial charge in [-0.15, -0.1) is 10.2 Å². The lowest BCUT2D eigenvalue weighted by atomic mass is 9.97. The number of carbonyl (C=O) groups excluding carboxylic acids is 5. The SMILES string of the molecule is CC[C@H](C)[C@H](NC(=O)CCC(=O)O)C(=O)NC(CCC(=O)O)C(=O)N1C(=O)NCC1C(=O)NCc1nn[nH]n1. The molecule has 0 radical (unpaired) electrons. The lowest BCUT2D eigenvalue weighted by Gasteiger charge is -2.29. The van der Waals surface area contributed by atoms with Crippen LogP contribution in [-0.4, -0.2) is 102 Å². The summed E-state index contributed by atoms with van der Waals surface area (Å²) in [4.78, 5) is 86.6. The van der Waals surface area contributed by atoms with Crippen molar-refractivity contribution < 1.29 is 43.8 Å². The van der Waals surface area contributed by atoms with E-state index in [1.54, 1.807) is 13.8 Å².